The summed E-state index contributed by atoms with van der Waals surface area (Å²) in [7, 11) is 1.00. The summed E-state index contributed by atoms with van der Waals surface area (Å²) in [5, 5.41) is 7.00. The van der Waals surface area contributed by atoms with Crippen molar-refractivity contribution in [1.29, 1.82) is 0 Å². The molecule has 0 aliphatic rings. The predicted molar refractivity (Wildman–Crippen MR) is 59.3 cm³/mol. The van der Waals surface area contributed by atoms with Crippen LogP contribution in [0.3, 0.4) is 0 Å². The summed E-state index contributed by atoms with van der Waals surface area (Å²) in [6.07, 6.45) is 6.30. The number of carbonyl (C=O) groups excluding carboxylic acids is 2. The zero-order chi connectivity index (χ0) is 11.8. The molecular weight excluding hydrogens is 180 g/mol. The normalized spacial score (nSPS) is 9.79. The molecule has 0 aromatic heterocycles. The molecule has 0 fully saturated rings. The van der Waals surface area contributed by atoms with Gasteiger partial charge in [0.1, 0.15) is 12.6 Å². The minimum Gasteiger partial charge on any atom is -0.400 e. The Morgan fingerprint density at radius 3 is 1.86 bits per heavy atom. The van der Waals surface area contributed by atoms with E-state index in [9.17, 15) is 4.79 Å². The molecule has 1 unspecified atom stereocenters. The van der Waals surface area contributed by atoms with Gasteiger partial charge in [-0.3, -0.25) is 0 Å². The minimum absolute atomic E-state index is 0.324. The van der Waals surface area contributed by atoms with Crippen molar-refractivity contribution in [3.05, 3.63) is 0 Å². The fraction of sp³-hybridized carbons (Fsp3) is 0.818. The molecule has 0 aliphatic heterocycles. The highest BCUT2D eigenvalue weighted by atomic mass is 16.2. The Hall–Kier alpha value is -0.700. The van der Waals surface area contributed by atoms with Gasteiger partial charge >= 0.3 is 0 Å². The first kappa shape index (κ1) is 19.0. The Labute approximate surface area is 87.5 Å². The van der Waals surface area contributed by atoms with E-state index < -0.39 is 0 Å². The maximum atomic E-state index is 10.2. The van der Waals surface area contributed by atoms with E-state index >= 15 is 0 Å². The predicted octanol–water partition coefficient (Wildman–Crippen LogP) is 2.22. The van der Waals surface area contributed by atoms with Crippen LogP contribution in [0.15, 0.2) is 0 Å². The Bertz CT molecular complexity index is 103. The van der Waals surface area contributed by atoms with E-state index in [0.29, 0.717) is 5.92 Å². The fourth-order valence-electron chi connectivity index (χ4n) is 0.835. The number of unbranched alkanes of at least 4 members (excludes halogenated alkanes) is 1. The zero-order valence-corrected chi connectivity index (χ0v) is 9.82. The highest BCUT2D eigenvalue weighted by Gasteiger charge is 2.01. The lowest BCUT2D eigenvalue weighted by atomic mass is 10.0. The summed E-state index contributed by atoms with van der Waals surface area (Å²) in [6.45, 7) is 5.66. The van der Waals surface area contributed by atoms with Crippen molar-refractivity contribution < 1.29 is 14.7 Å². The lowest BCUT2D eigenvalue weighted by molar-refractivity contribution is -0.111. The number of carbonyl (C=O) groups is 2. The number of aldehydes is 2. The standard InChI is InChI=1S/C8H16O.C2H4O.CH4O/c1-3-5-6-8(4-2)7-9;1-2-3;1-2/h7-8H,3-6H2,1-2H3;2H,1H3;2H,1H3. The molecule has 3 heteroatoms. The van der Waals surface area contributed by atoms with Crippen molar-refractivity contribution in [3.8, 4) is 0 Å². The second kappa shape index (κ2) is 22.8. The quantitative estimate of drug-likeness (QED) is 0.698. The van der Waals surface area contributed by atoms with Crippen molar-refractivity contribution >= 4 is 12.6 Å². The van der Waals surface area contributed by atoms with Gasteiger partial charge in [0, 0.05) is 13.0 Å². The fourth-order valence-corrected chi connectivity index (χ4v) is 0.835. The average Bonchev–Trinajstić information content (AvgIpc) is 2.24. The molecule has 0 heterocycles. The minimum atomic E-state index is 0.324. The Kier molecular flexibility index (Phi) is 30.9. The molecule has 0 saturated carbocycles. The SMILES string of the molecule is CC=O.CCCCC(C=O)CC.CO. The molecule has 1 N–H and O–H groups in total. The van der Waals surface area contributed by atoms with Crippen LogP contribution in [0, 0.1) is 5.92 Å². The van der Waals surface area contributed by atoms with Crippen molar-refractivity contribution in [3.63, 3.8) is 0 Å². The van der Waals surface area contributed by atoms with Crippen LogP contribution in [-0.4, -0.2) is 24.8 Å². The summed E-state index contributed by atoms with van der Waals surface area (Å²) >= 11 is 0. The van der Waals surface area contributed by atoms with Gasteiger partial charge in [0.25, 0.3) is 0 Å². The number of rotatable bonds is 5. The van der Waals surface area contributed by atoms with Crippen molar-refractivity contribution in [2.75, 3.05) is 7.11 Å². The van der Waals surface area contributed by atoms with Crippen LogP contribution < -0.4 is 0 Å². The van der Waals surface area contributed by atoms with Crippen LogP contribution >= 0.6 is 0 Å². The third-order valence-electron chi connectivity index (χ3n) is 1.65. The van der Waals surface area contributed by atoms with E-state index in [4.69, 9.17) is 9.90 Å². The molecule has 0 radical (unpaired) electrons. The summed E-state index contributed by atoms with van der Waals surface area (Å²) < 4.78 is 0. The van der Waals surface area contributed by atoms with Crippen LogP contribution in [0.5, 0.6) is 0 Å². The molecule has 0 aromatic carbocycles. The van der Waals surface area contributed by atoms with E-state index in [2.05, 4.69) is 13.8 Å². The second-order valence-corrected chi connectivity index (χ2v) is 2.68. The van der Waals surface area contributed by atoms with Crippen LogP contribution in [0.2, 0.25) is 0 Å². The lowest BCUT2D eigenvalue weighted by Crippen LogP contribution is -1.98. The molecule has 86 valence electrons. The van der Waals surface area contributed by atoms with Gasteiger partial charge in [-0.2, -0.15) is 0 Å². The number of hydrogen-bond donors (Lipinski definition) is 1. The highest BCUT2D eigenvalue weighted by Crippen LogP contribution is 2.08. The van der Waals surface area contributed by atoms with E-state index in [1.165, 1.54) is 19.8 Å². The van der Waals surface area contributed by atoms with Gasteiger partial charge in [-0.15, -0.1) is 0 Å². The third-order valence-corrected chi connectivity index (χ3v) is 1.65. The molecule has 3 nitrogen and oxygen atoms in total. The number of aliphatic hydroxyl groups is 1. The summed E-state index contributed by atoms with van der Waals surface area (Å²) in [6, 6.07) is 0. The molecule has 0 amide bonds. The van der Waals surface area contributed by atoms with Crippen LogP contribution in [-0.2, 0) is 9.59 Å². The molecule has 14 heavy (non-hydrogen) atoms. The number of hydrogen-bond acceptors (Lipinski definition) is 3. The van der Waals surface area contributed by atoms with Gasteiger partial charge in [-0.25, -0.2) is 0 Å². The van der Waals surface area contributed by atoms with Gasteiger partial charge in [0.2, 0.25) is 0 Å². The zero-order valence-electron chi connectivity index (χ0n) is 9.82. The molecule has 0 aliphatic carbocycles. The maximum absolute atomic E-state index is 10.2. The Morgan fingerprint density at radius 1 is 1.21 bits per heavy atom. The Morgan fingerprint density at radius 2 is 1.64 bits per heavy atom. The molecule has 0 rings (SSSR count). The molecular formula is C11H24O3. The molecule has 0 aromatic rings. The third kappa shape index (κ3) is 22.5. The first-order valence-electron chi connectivity index (χ1n) is 5.06. The molecule has 1 atom stereocenters. The number of aliphatic hydroxyl groups excluding tert-OH is 1. The van der Waals surface area contributed by atoms with E-state index in [1.807, 2.05) is 0 Å². The smallest absolute Gasteiger partial charge is 0.123 e. The molecule has 0 saturated heterocycles. The monoisotopic (exact) mass is 204 g/mol. The maximum Gasteiger partial charge on any atom is 0.123 e. The topological polar surface area (TPSA) is 54.4 Å². The van der Waals surface area contributed by atoms with E-state index in [-0.39, 0.29) is 0 Å². The van der Waals surface area contributed by atoms with Crippen molar-refractivity contribution in [2.45, 2.75) is 46.5 Å². The Balaban J connectivity index is -0.000000205. The first-order valence-corrected chi connectivity index (χ1v) is 5.06. The lowest BCUT2D eigenvalue weighted by Gasteiger charge is -2.03. The van der Waals surface area contributed by atoms with Crippen molar-refractivity contribution in [1.82, 2.24) is 0 Å². The van der Waals surface area contributed by atoms with Crippen molar-refractivity contribution in [2.24, 2.45) is 5.92 Å². The largest absolute Gasteiger partial charge is 0.400 e. The average molecular weight is 204 g/mol. The van der Waals surface area contributed by atoms with Gasteiger partial charge < -0.3 is 14.7 Å². The van der Waals surface area contributed by atoms with Gasteiger partial charge in [0.05, 0.1) is 0 Å². The van der Waals surface area contributed by atoms with Gasteiger partial charge in [-0.1, -0.05) is 26.7 Å². The first-order chi connectivity index (χ1) is 6.76. The van der Waals surface area contributed by atoms with Crippen LogP contribution in [0.25, 0.3) is 0 Å². The van der Waals surface area contributed by atoms with E-state index in [0.717, 1.165) is 32.5 Å². The van der Waals surface area contributed by atoms with Crippen LogP contribution in [0.1, 0.15) is 46.5 Å². The summed E-state index contributed by atoms with van der Waals surface area (Å²) in [4.78, 5) is 19.0. The summed E-state index contributed by atoms with van der Waals surface area (Å²) in [5.74, 6) is 0.324. The van der Waals surface area contributed by atoms with Crippen LogP contribution in [0.4, 0.5) is 0 Å². The molecule has 0 bridgehead atoms. The van der Waals surface area contributed by atoms with E-state index in [1.54, 1.807) is 0 Å². The summed E-state index contributed by atoms with van der Waals surface area (Å²) in [5.41, 5.74) is 0. The van der Waals surface area contributed by atoms with Gasteiger partial charge in [-0.05, 0) is 19.8 Å². The van der Waals surface area contributed by atoms with Gasteiger partial charge in [0.15, 0.2) is 0 Å². The second-order valence-electron chi connectivity index (χ2n) is 2.68. The highest BCUT2D eigenvalue weighted by molar-refractivity contribution is 5.53. The molecule has 0 spiro atoms.